The molecule has 0 amide bonds. The third-order valence-electron chi connectivity index (χ3n) is 1.91. The quantitative estimate of drug-likeness (QED) is 0.826. The van der Waals surface area contributed by atoms with Crippen molar-refractivity contribution < 1.29 is 8.42 Å². The van der Waals surface area contributed by atoms with E-state index in [0.29, 0.717) is 12.2 Å². The van der Waals surface area contributed by atoms with Crippen LogP contribution in [0.3, 0.4) is 0 Å². The van der Waals surface area contributed by atoms with Crippen LogP contribution in [0.5, 0.6) is 0 Å². The lowest BCUT2D eigenvalue weighted by Crippen LogP contribution is -2.16. The molecule has 10 heteroatoms. The summed E-state index contributed by atoms with van der Waals surface area (Å²) in [5.74, 6) is 0. The molecule has 2 aromatic heterocycles. The van der Waals surface area contributed by atoms with Gasteiger partial charge in [-0.2, -0.15) is 8.42 Å². The van der Waals surface area contributed by atoms with E-state index in [4.69, 9.17) is 0 Å². The Morgan fingerprint density at radius 1 is 1.44 bits per heavy atom. The molecule has 2 rings (SSSR count). The van der Waals surface area contributed by atoms with Crippen LogP contribution in [-0.2, 0) is 10.0 Å². The van der Waals surface area contributed by atoms with E-state index in [2.05, 4.69) is 29.8 Å². The molecule has 0 atom stereocenters. The van der Waals surface area contributed by atoms with Gasteiger partial charge in [0.05, 0.1) is 5.69 Å². The topological polar surface area (TPSA) is 110 Å². The van der Waals surface area contributed by atoms with Gasteiger partial charge in [0.1, 0.15) is 0 Å². The summed E-state index contributed by atoms with van der Waals surface area (Å²) < 4.78 is 29.9. The van der Waals surface area contributed by atoms with E-state index < -0.39 is 10.0 Å². The Morgan fingerprint density at radius 3 is 2.94 bits per heavy atom. The Hall–Kier alpha value is -1.81. The molecule has 0 unspecified atom stereocenters. The van der Waals surface area contributed by atoms with Gasteiger partial charge in [-0.15, -0.1) is 0 Å². The Labute approximate surface area is 108 Å². The van der Waals surface area contributed by atoms with Gasteiger partial charge in [0.15, 0.2) is 5.03 Å². The number of anilines is 2. The Morgan fingerprint density at radius 2 is 2.28 bits per heavy atom. The SMILES string of the molecule is CCNc1cccnc1S(=O)(=O)Nc1nnns1. The molecule has 0 aliphatic carbocycles. The maximum absolute atomic E-state index is 12.1. The van der Waals surface area contributed by atoms with Crippen molar-refractivity contribution in [2.45, 2.75) is 11.9 Å². The van der Waals surface area contributed by atoms with Crippen LogP contribution in [0, 0.1) is 0 Å². The fourth-order valence-electron chi connectivity index (χ4n) is 1.27. The summed E-state index contributed by atoms with van der Waals surface area (Å²) in [4.78, 5) is 3.87. The summed E-state index contributed by atoms with van der Waals surface area (Å²) in [6.45, 7) is 2.46. The molecule has 0 spiro atoms. The summed E-state index contributed by atoms with van der Waals surface area (Å²) in [6, 6.07) is 3.30. The number of sulfonamides is 1. The first-order chi connectivity index (χ1) is 8.63. The normalized spacial score (nSPS) is 11.2. The van der Waals surface area contributed by atoms with Crippen molar-refractivity contribution in [3.63, 3.8) is 0 Å². The minimum absolute atomic E-state index is 0.0814. The van der Waals surface area contributed by atoms with E-state index >= 15 is 0 Å². The first-order valence-corrected chi connectivity index (χ1v) is 7.26. The zero-order chi connectivity index (χ0) is 13.0. The first kappa shape index (κ1) is 12.6. The predicted octanol–water partition coefficient (Wildman–Crippen LogP) is 0.561. The third-order valence-corrected chi connectivity index (χ3v) is 3.85. The molecule has 18 heavy (non-hydrogen) atoms. The highest BCUT2D eigenvalue weighted by Crippen LogP contribution is 2.20. The van der Waals surface area contributed by atoms with Crippen LogP contribution in [0.15, 0.2) is 23.4 Å². The molecule has 2 N–H and O–H groups in total. The smallest absolute Gasteiger partial charge is 0.283 e. The average Bonchev–Trinajstić information content (AvgIpc) is 2.82. The van der Waals surface area contributed by atoms with Crippen LogP contribution in [0.4, 0.5) is 10.8 Å². The molecule has 8 nitrogen and oxygen atoms in total. The van der Waals surface area contributed by atoms with E-state index in [0.717, 1.165) is 11.5 Å². The van der Waals surface area contributed by atoms with Crippen LogP contribution in [0.1, 0.15) is 6.92 Å². The van der Waals surface area contributed by atoms with Crippen LogP contribution < -0.4 is 10.0 Å². The summed E-state index contributed by atoms with van der Waals surface area (Å²) >= 11 is 0.853. The molecule has 2 aromatic rings. The highest BCUT2D eigenvalue weighted by atomic mass is 32.2. The van der Waals surface area contributed by atoms with Gasteiger partial charge in [-0.25, -0.2) is 4.98 Å². The van der Waals surface area contributed by atoms with E-state index in [1.165, 1.54) is 6.20 Å². The largest absolute Gasteiger partial charge is 0.383 e. The predicted molar refractivity (Wildman–Crippen MR) is 66.9 cm³/mol. The molecule has 0 aliphatic heterocycles. The molecule has 96 valence electrons. The fraction of sp³-hybridized carbons (Fsp3) is 0.250. The monoisotopic (exact) mass is 286 g/mol. The molecule has 0 aromatic carbocycles. The maximum atomic E-state index is 12.1. The second kappa shape index (κ2) is 5.23. The number of rotatable bonds is 5. The van der Waals surface area contributed by atoms with Gasteiger partial charge in [-0.1, -0.05) is 9.59 Å². The Kier molecular flexibility index (Phi) is 3.67. The van der Waals surface area contributed by atoms with Crippen molar-refractivity contribution in [2.24, 2.45) is 0 Å². The standard InChI is InChI=1S/C8H10N6O2S2/c1-2-9-6-4-3-5-10-7(6)18(15,16)12-8-11-13-14-17-8/h3-5,9H,2H2,1H3,(H,11,12,14). The highest BCUT2D eigenvalue weighted by Gasteiger charge is 2.21. The number of hydrogen-bond donors (Lipinski definition) is 2. The van der Waals surface area contributed by atoms with Crippen molar-refractivity contribution >= 4 is 32.4 Å². The lowest BCUT2D eigenvalue weighted by Gasteiger charge is -2.09. The van der Waals surface area contributed by atoms with E-state index in [9.17, 15) is 8.42 Å². The van der Waals surface area contributed by atoms with Gasteiger partial charge >= 0.3 is 0 Å². The molecule has 0 aliphatic rings. The highest BCUT2D eigenvalue weighted by molar-refractivity contribution is 7.93. The zero-order valence-electron chi connectivity index (χ0n) is 9.36. The van der Waals surface area contributed by atoms with Crippen LogP contribution in [0.2, 0.25) is 0 Å². The summed E-state index contributed by atoms with van der Waals surface area (Å²) in [5, 5.41) is 9.79. The van der Waals surface area contributed by atoms with Gasteiger partial charge < -0.3 is 5.32 Å². The Balaban J connectivity index is 2.35. The summed E-state index contributed by atoms with van der Waals surface area (Å²) in [7, 11) is -3.79. The lowest BCUT2D eigenvalue weighted by atomic mass is 10.4. The van der Waals surface area contributed by atoms with Crippen LogP contribution >= 0.6 is 11.5 Å². The maximum Gasteiger partial charge on any atom is 0.283 e. The van der Waals surface area contributed by atoms with E-state index in [1.54, 1.807) is 12.1 Å². The van der Waals surface area contributed by atoms with Gasteiger partial charge in [0.2, 0.25) is 5.13 Å². The first-order valence-electron chi connectivity index (χ1n) is 5.00. The van der Waals surface area contributed by atoms with Crippen molar-refractivity contribution in [3.8, 4) is 0 Å². The van der Waals surface area contributed by atoms with E-state index in [1.807, 2.05) is 6.92 Å². The van der Waals surface area contributed by atoms with Gasteiger partial charge in [0, 0.05) is 24.3 Å². The van der Waals surface area contributed by atoms with Crippen molar-refractivity contribution in [2.75, 3.05) is 16.6 Å². The number of nitrogens with zero attached hydrogens (tertiary/aromatic N) is 4. The summed E-state index contributed by atoms with van der Waals surface area (Å²) in [5.41, 5.74) is 0.435. The number of aromatic nitrogens is 4. The van der Waals surface area contributed by atoms with Gasteiger partial charge in [0.25, 0.3) is 10.0 Å². The second-order valence-corrected chi connectivity index (χ2v) is 5.49. The molecular weight excluding hydrogens is 276 g/mol. The Bertz CT molecular complexity index is 612. The van der Waals surface area contributed by atoms with Gasteiger partial charge in [-0.05, 0) is 24.3 Å². The lowest BCUT2D eigenvalue weighted by molar-refractivity contribution is 0.598. The molecule has 0 radical (unpaired) electrons. The van der Waals surface area contributed by atoms with E-state index in [-0.39, 0.29) is 10.2 Å². The molecule has 0 fully saturated rings. The average molecular weight is 286 g/mol. The van der Waals surface area contributed by atoms with Crippen LogP contribution in [-0.4, -0.2) is 34.7 Å². The second-order valence-electron chi connectivity index (χ2n) is 3.16. The number of pyridine rings is 1. The number of nitrogens with one attached hydrogen (secondary N) is 2. The molecule has 0 saturated heterocycles. The van der Waals surface area contributed by atoms with Crippen LogP contribution in [0.25, 0.3) is 0 Å². The molecule has 2 heterocycles. The molecular formula is C8H10N6O2S2. The minimum atomic E-state index is -3.79. The van der Waals surface area contributed by atoms with Crippen molar-refractivity contribution in [3.05, 3.63) is 18.3 Å². The van der Waals surface area contributed by atoms with Crippen molar-refractivity contribution in [1.82, 2.24) is 19.8 Å². The van der Waals surface area contributed by atoms with Gasteiger partial charge in [-0.3, -0.25) is 4.72 Å². The molecule has 0 saturated carbocycles. The zero-order valence-corrected chi connectivity index (χ0v) is 11.0. The fourth-order valence-corrected chi connectivity index (χ4v) is 2.96. The number of hydrogen-bond acceptors (Lipinski definition) is 8. The third kappa shape index (κ3) is 2.71. The molecule has 0 bridgehead atoms. The van der Waals surface area contributed by atoms with Crippen molar-refractivity contribution in [1.29, 1.82) is 0 Å². The summed E-state index contributed by atoms with van der Waals surface area (Å²) in [6.07, 6.45) is 1.41. The minimum Gasteiger partial charge on any atom is -0.383 e.